The second-order valence-corrected chi connectivity index (χ2v) is 3.78. The Kier molecular flexibility index (Phi) is 5.71. The third kappa shape index (κ3) is 4.67. The Balaban J connectivity index is 2.23. The maximum atomic E-state index is 4.14. The fraction of sp³-hybridized carbons (Fsp3) is 1.00. The number of hydrogen-bond acceptors (Lipinski definition) is 4. The van der Waals surface area contributed by atoms with E-state index in [9.17, 15) is 0 Å². The van der Waals surface area contributed by atoms with Crippen LogP contribution in [-0.2, 0) is 0 Å². The van der Waals surface area contributed by atoms with E-state index < -0.39 is 0 Å². The summed E-state index contributed by atoms with van der Waals surface area (Å²) in [5, 5.41) is 10.4. The van der Waals surface area contributed by atoms with E-state index in [1.54, 1.807) is 0 Å². The lowest BCUT2D eigenvalue weighted by molar-refractivity contribution is 0.168. The van der Waals surface area contributed by atoms with Crippen LogP contribution in [-0.4, -0.2) is 30.8 Å². The SMILES string of the molecule is CCN=NC(C)NN1CCCCCC1. The van der Waals surface area contributed by atoms with Gasteiger partial charge < -0.3 is 0 Å². The Hall–Kier alpha value is -0.480. The summed E-state index contributed by atoms with van der Waals surface area (Å²) in [5.74, 6) is 0. The van der Waals surface area contributed by atoms with Crippen LogP contribution in [0.1, 0.15) is 39.5 Å². The van der Waals surface area contributed by atoms with Crippen LogP contribution in [0.3, 0.4) is 0 Å². The second kappa shape index (κ2) is 6.90. The van der Waals surface area contributed by atoms with Crippen molar-refractivity contribution >= 4 is 0 Å². The van der Waals surface area contributed by atoms with Crippen LogP contribution in [0.15, 0.2) is 10.2 Å². The third-order valence-corrected chi connectivity index (χ3v) is 2.37. The summed E-state index contributed by atoms with van der Waals surface area (Å²) in [6, 6.07) is 0. The number of hydrogen-bond donors (Lipinski definition) is 1. The molecule has 1 saturated heterocycles. The van der Waals surface area contributed by atoms with Crippen molar-refractivity contribution in [1.82, 2.24) is 10.4 Å². The standard InChI is InChI=1S/C10H22N4/c1-3-11-12-10(2)13-14-8-6-4-5-7-9-14/h10,13H,3-9H2,1-2H3. The van der Waals surface area contributed by atoms with Crippen LogP contribution in [0.25, 0.3) is 0 Å². The highest BCUT2D eigenvalue weighted by molar-refractivity contribution is 4.61. The van der Waals surface area contributed by atoms with Crippen molar-refractivity contribution in [3.8, 4) is 0 Å². The smallest absolute Gasteiger partial charge is 0.130 e. The molecule has 14 heavy (non-hydrogen) atoms. The summed E-state index contributed by atoms with van der Waals surface area (Å²) in [4.78, 5) is 0. The Morgan fingerprint density at radius 1 is 1.21 bits per heavy atom. The van der Waals surface area contributed by atoms with Crippen molar-refractivity contribution in [3.63, 3.8) is 0 Å². The molecule has 0 aliphatic carbocycles. The molecule has 0 aromatic heterocycles. The first-order valence-electron chi connectivity index (χ1n) is 5.70. The highest BCUT2D eigenvalue weighted by Crippen LogP contribution is 2.07. The van der Waals surface area contributed by atoms with Crippen molar-refractivity contribution in [2.75, 3.05) is 19.6 Å². The summed E-state index contributed by atoms with van der Waals surface area (Å²) < 4.78 is 0. The van der Waals surface area contributed by atoms with Gasteiger partial charge in [-0.05, 0) is 26.7 Å². The van der Waals surface area contributed by atoms with Crippen LogP contribution in [0, 0.1) is 0 Å². The number of nitrogens with one attached hydrogen (secondary N) is 1. The molecule has 0 aromatic rings. The Morgan fingerprint density at radius 3 is 2.43 bits per heavy atom. The molecule has 1 aliphatic rings. The molecule has 1 aliphatic heterocycles. The molecule has 4 heteroatoms. The lowest BCUT2D eigenvalue weighted by Gasteiger charge is -2.22. The highest BCUT2D eigenvalue weighted by atomic mass is 15.5. The number of nitrogens with zero attached hydrogens (tertiary/aromatic N) is 3. The van der Waals surface area contributed by atoms with Gasteiger partial charge in [0, 0.05) is 13.1 Å². The largest absolute Gasteiger partial charge is 0.242 e. The van der Waals surface area contributed by atoms with E-state index in [2.05, 4.69) is 20.7 Å². The minimum absolute atomic E-state index is 0.119. The zero-order chi connectivity index (χ0) is 10.2. The van der Waals surface area contributed by atoms with Gasteiger partial charge in [0.05, 0.1) is 6.54 Å². The van der Waals surface area contributed by atoms with Gasteiger partial charge in [0.25, 0.3) is 0 Å². The fourth-order valence-corrected chi connectivity index (χ4v) is 1.69. The molecule has 82 valence electrons. The predicted octanol–water partition coefficient (Wildman–Crippen LogP) is 2.19. The summed E-state index contributed by atoms with van der Waals surface area (Å²) >= 11 is 0. The molecule has 1 rings (SSSR count). The Bertz CT molecular complexity index is 162. The molecule has 0 radical (unpaired) electrons. The monoisotopic (exact) mass is 198 g/mol. The summed E-state index contributed by atoms with van der Waals surface area (Å²) in [6.07, 6.45) is 5.44. The lowest BCUT2D eigenvalue weighted by Crippen LogP contribution is -2.43. The topological polar surface area (TPSA) is 40.0 Å². The van der Waals surface area contributed by atoms with E-state index in [-0.39, 0.29) is 6.17 Å². The molecular weight excluding hydrogens is 176 g/mol. The van der Waals surface area contributed by atoms with Gasteiger partial charge in [-0.15, -0.1) is 0 Å². The van der Waals surface area contributed by atoms with Crippen LogP contribution in [0.4, 0.5) is 0 Å². The molecule has 1 atom stereocenters. The van der Waals surface area contributed by atoms with E-state index in [0.29, 0.717) is 0 Å². The first-order chi connectivity index (χ1) is 6.83. The zero-order valence-electron chi connectivity index (χ0n) is 9.37. The van der Waals surface area contributed by atoms with Crippen molar-refractivity contribution in [2.24, 2.45) is 10.2 Å². The van der Waals surface area contributed by atoms with Crippen molar-refractivity contribution in [1.29, 1.82) is 0 Å². The summed E-state index contributed by atoms with van der Waals surface area (Å²) in [5.41, 5.74) is 3.37. The molecule has 0 aromatic carbocycles. The van der Waals surface area contributed by atoms with Gasteiger partial charge in [0.1, 0.15) is 6.17 Å². The maximum Gasteiger partial charge on any atom is 0.130 e. The van der Waals surface area contributed by atoms with Crippen molar-refractivity contribution in [2.45, 2.75) is 45.7 Å². The van der Waals surface area contributed by atoms with Crippen molar-refractivity contribution < 1.29 is 0 Å². The number of rotatable bonds is 4. The minimum atomic E-state index is 0.119. The van der Waals surface area contributed by atoms with E-state index >= 15 is 0 Å². The fourth-order valence-electron chi connectivity index (χ4n) is 1.69. The van der Waals surface area contributed by atoms with Crippen molar-refractivity contribution in [3.05, 3.63) is 0 Å². The quantitative estimate of drug-likeness (QED) is 0.703. The van der Waals surface area contributed by atoms with Crippen LogP contribution in [0.5, 0.6) is 0 Å². The molecule has 1 fully saturated rings. The van der Waals surface area contributed by atoms with Crippen LogP contribution < -0.4 is 5.43 Å². The van der Waals surface area contributed by atoms with Gasteiger partial charge in [-0.25, -0.2) is 10.4 Å². The molecule has 4 nitrogen and oxygen atoms in total. The van der Waals surface area contributed by atoms with E-state index in [4.69, 9.17) is 0 Å². The summed E-state index contributed by atoms with van der Waals surface area (Å²) in [6.45, 7) is 7.11. The number of azo groups is 1. The van der Waals surface area contributed by atoms with Gasteiger partial charge in [-0.1, -0.05) is 12.8 Å². The average Bonchev–Trinajstić information content (AvgIpc) is 2.43. The first-order valence-corrected chi connectivity index (χ1v) is 5.70. The first kappa shape index (κ1) is 11.6. The molecule has 1 N–H and O–H groups in total. The van der Waals surface area contributed by atoms with Gasteiger partial charge in [0.2, 0.25) is 0 Å². The van der Waals surface area contributed by atoms with E-state index in [1.165, 1.54) is 25.7 Å². The number of hydrazine groups is 1. The van der Waals surface area contributed by atoms with Crippen LogP contribution in [0.2, 0.25) is 0 Å². The third-order valence-electron chi connectivity index (χ3n) is 2.37. The van der Waals surface area contributed by atoms with Crippen LogP contribution >= 0.6 is 0 Å². The molecule has 0 spiro atoms. The molecule has 0 saturated carbocycles. The normalized spacial score (nSPS) is 22.4. The van der Waals surface area contributed by atoms with Gasteiger partial charge >= 0.3 is 0 Å². The molecule has 0 amide bonds. The van der Waals surface area contributed by atoms with Gasteiger partial charge in [-0.2, -0.15) is 10.2 Å². The minimum Gasteiger partial charge on any atom is -0.242 e. The predicted molar refractivity (Wildman–Crippen MR) is 58.0 cm³/mol. The summed E-state index contributed by atoms with van der Waals surface area (Å²) in [7, 11) is 0. The molecular formula is C10H22N4. The average molecular weight is 198 g/mol. The molecule has 0 bridgehead atoms. The molecule has 1 unspecified atom stereocenters. The lowest BCUT2D eigenvalue weighted by atomic mass is 10.2. The van der Waals surface area contributed by atoms with Gasteiger partial charge in [-0.3, -0.25) is 0 Å². The second-order valence-electron chi connectivity index (χ2n) is 3.78. The van der Waals surface area contributed by atoms with E-state index in [0.717, 1.165) is 19.6 Å². The Labute approximate surface area is 86.7 Å². The maximum absolute atomic E-state index is 4.14. The molecule has 1 heterocycles. The van der Waals surface area contributed by atoms with Gasteiger partial charge in [0.15, 0.2) is 0 Å². The highest BCUT2D eigenvalue weighted by Gasteiger charge is 2.10. The Morgan fingerprint density at radius 2 is 1.86 bits per heavy atom. The van der Waals surface area contributed by atoms with E-state index in [1.807, 2.05) is 13.8 Å². The zero-order valence-corrected chi connectivity index (χ0v) is 9.37.